The first kappa shape index (κ1) is 30.6. The van der Waals surface area contributed by atoms with E-state index in [1.807, 2.05) is 4.72 Å². The van der Waals surface area contributed by atoms with Gasteiger partial charge in [-0.05, 0) is 32.9 Å². The number of hydrogen-bond acceptors (Lipinski definition) is 4. The molecule has 0 spiro atoms. The van der Waals surface area contributed by atoms with E-state index in [-0.39, 0.29) is 26.1 Å². The van der Waals surface area contributed by atoms with E-state index >= 15 is 0 Å². The molecule has 0 radical (unpaired) electrons. The fourth-order valence-electron chi connectivity index (χ4n) is 2.59. The van der Waals surface area contributed by atoms with Crippen molar-refractivity contribution in [3.8, 4) is 0 Å². The topological polar surface area (TPSA) is 86.7 Å². The Bertz CT molecular complexity index is 692. The zero-order valence-corrected chi connectivity index (χ0v) is 17.4. The molecule has 192 valence electrons. The number of likely N-dealkylation sites (N-methyl/N-ethyl adjacent to an activating group) is 1. The number of hydrogen-bond donors (Lipinski definition) is 2. The summed E-state index contributed by atoms with van der Waals surface area (Å²) in [7, 11) is -2.81. The molecule has 1 unspecified atom stereocenters. The molecule has 1 atom stereocenters. The Morgan fingerprint density at radius 2 is 1.47 bits per heavy atom. The van der Waals surface area contributed by atoms with Crippen LogP contribution in [-0.2, 0) is 14.8 Å². The van der Waals surface area contributed by atoms with Crippen LogP contribution in [0.4, 0.5) is 43.9 Å². The lowest BCUT2D eigenvalue weighted by molar-refractivity contribution is -0.352. The van der Waals surface area contributed by atoms with Gasteiger partial charge in [-0.3, -0.25) is 9.69 Å². The largest absolute Gasteiger partial charge is 0.480 e. The van der Waals surface area contributed by atoms with Gasteiger partial charge in [-0.2, -0.15) is 39.5 Å². The Labute approximate surface area is 177 Å². The van der Waals surface area contributed by atoms with Crippen LogP contribution in [0.15, 0.2) is 0 Å². The highest BCUT2D eigenvalue weighted by atomic mass is 32.2. The van der Waals surface area contributed by atoms with Crippen LogP contribution in [-0.4, -0.2) is 81.0 Å². The normalized spacial score (nSPS) is 15.2. The van der Waals surface area contributed by atoms with Crippen molar-refractivity contribution in [1.82, 2.24) is 9.62 Å². The van der Waals surface area contributed by atoms with Crippen LogP contribution in [0.25, 0.3) is 0 Å². The summed E-state index contributed by atoms with van der Waals surface area (Å²) in [6, 6.07) is 0. The predicted octanol–water partition coefficient (Wildman–Crippen LogP) is 3.49. The molecule has 0 rings (SSSR count). The van der Waals surface area contributed by atoms with Crippen LogP contribution in [0.2, 0.25) is 0 Å². The zero-order chi connectivity index (χ0) is 25.6. The highest BCUT2D eigenvalue weighted by molar-refractivity contribution is 7.89. The van der Waals surface area contributed by atoms with Crippen molar-refractivity contribution >= 4 is 16.0 Å². The molecule has 0 saturated heterocycles. The Hall–Kier alpha value is -1.36. The van der Waals surface area contributed by atoms with Crippen LogP contribution < -0.4 is 4.72 Å². The highest BCUT2D eigenvalue weighted by Crippen LogP contribution is 2.52. The Balaban J connectivity index is 4.95. The van der Waals surface area contributed by atoms with Gasteiger partial charge in [0.25, 0.3) is 5.67 Å². The summed E-state index contributed by atoms with van der Waals surface area (Å²) in [5.74, 6) is -5.58. The van der Waals surface area contributed by atoms with E-state index in [2.05, 4.69) is 0 Å². The maximum Gasteiger partial charge on any atom is 0.431 e. The van der Waals surface area contributed by atoms with E-state index in [0.29, 0.717) is 0 Å². The summed E-state index contributed by atoms with van der Waals surface area (Å²) in [4.78, 5) is 11.8. The molecule has 0 fully saturated rings. The van der Waals surface area contributed by atoms with Gasteiger partial charge in [0.2, 0.25) is 10.0 Å². The average molecular weight is 516 g/mol. The predicted molar refractivity (Wildman–Crippen MR) is 90.9 cm³/mol. The molecule has 2 N–H and O–H groups in total. The smallest absolute Gasteiger partial charge is 0.431 e. The summed E-state index contributed by atoms with van der Waals surface area (Å²) in [6.07, 6.45) is -24.3. The lowest BCUT2D eigenvalue weighted by Gasteiger charge is -2.33. The van der Waals surface area contributed by atoms with Crippen LogP contribution in [0.3, 0.4) is 0 Å². The minimum Gasteiger partial charge on any atom is -0.480 e. The summed E-state index contributed by atoms with van der Waals surface area (Å²) in [6.45, 7) is -0.444. The molecule has 0 aliphatic rings. The van der Waals surface area contributed by atoms with Gasteiger partial charge >= 0.3 is 24.5 Å². The molecule has 0 bridgehead atoms. The number of nitrogens with one attached hydrogen (secondary N) is 1. The second kappa shape index (κ2) is 11.2. The first-order valence-electron chi connectivity index (χ1n) is 8.89. The SMILES string of the molecule is CN(CCCNS(=O)(=O)CCCC(CC(F)(C(F)(F)F)C(F)(F)F)C(F)(F)F)CC(=O)O. The van der Waals surface area contributed by atoms with Gasteiger partial charge in [0.1, 0.15) is 0 Å². The third kappa shape index (κ3) is 10.1. The lowest BCUT2D eigenvalue weighted by atomic mass is 9.87. The van der Waals surface area contributed by atoms with Crippen molar-refractivity contribution in [1.29, 1.82) is 0 Å². The first-order valence-corrected chi connectivity index (χ1v) is 10.5. The van der Waals surface area contributed by atoms with Gasteiger partial charge < -0.3 is 5.11 Å². The second-order valence-electron chi connectivity index (χ2n) is 7.08. The van der Waals surface area contributed by atoms with Crippen molar-refractivity contribution in [2.75, 3.05) is 32.4 Å². The zero-order valence-electron chi connectivity index (χ0n) is 16.5. The number of nitrogens with zero attached hydrogens (tertiary/aromatic N) is 1. The van der Waals surface area contributed by atoms with Crippen molar-refractivity contribution in [2.45, 2.75) is 49.9 Å². The Morgan fingerprint density at radius 1 is 0.969 bits per heavy atom. The Morgan fingerprint density at radius 3 is 1.88 bits per heavy atom. The van der Waals surface area contributed by atoms with Gasteiger partial charge in [0.15, 0.2) is 0 Å². The van der Waals surface area contributed by atoms with Crippen LogP contribution in [0.1, 0.15) is 25.7 Å². The van der Waals surface area contributed by atoms with Crippen LogP contribution >= 0.6 is 0 Å². The van der Waals surface area contributed by atoms with Crippen molar-refractivity contribution in [3.63, 3.8) is 0 Å². The molecular weight excluding hydrogens is 494 g/mol. The van der Waals surface area contributed by atoms with E-state index in [1.54, 1.807) is 0 Å². The molecule has 0 saturated carbocycles. The molecule has 0 aliphatic carbocycles. The van der Waals surface area contributed by atoms with Gasteiger partial charge in [-0.25, -0.2) is 17.5 Å². The summed E-state index contributed by atoms with van der Waals surface area (Å²) >= 11 is 0. The van der Waals surface area contributed by atoms with E-state index in [1.165, 1.54) is 11.9 Å². The molecule has 6 nitrogen and oxygen atoms in total. The number of carbonyl (C=O) groups is 1. The quantitative estimate of drug-likeness (QED) is 0.289. The third-order valence-electron chi connectivity index (χ3n) is 4.30. The fourth-order valence-corrected chi connectivity index (χ4v) is 3.74. The highest BCUT2D eigenvalue weighted by Gasteiger charge is 2.73. The molecular formula is C15H22F10N2O4S. The maximum atomic E-state index is 13.7. The van der Waals surface area contributed by atoms with E-state index in [0.717, 1.165) is 0 Å². The average Bonchev–Trinajstić information content (AvgIpc) is 2.54. The lowest BCUT2D eigenvalue weighted by Crippen LogP contribution is -2.55. The molecule has 0 heterocycles. The number of carboxylic acids is 1. The van der Waals surface area contributed by atoms with Gasteiger partial charge in [0.05, 0.1) is 18.2 Å². The minimum atomic E-state index is -6.66. The van der Waals surface area contributed by atoms with Gasteiger partial charge in [-0.1, -0.05) is 0 Å². The van der Waals surface area contributed by atoms with Gasteiger partial charge in [0, 0.05) is 13.0 Å². The monoisotopic (exact) mass is 516 g/mol. The molecule has 32 heavy (non-hydrogen) atoms. The van der Waals surface area contributed by atoms with Crippen molar-refractivity contribution in [2.24, 2.45) is 5.92 Å². The molecule has 0 aliphatic heterocycles. The number of aliphatic carboxylic acids is 1. The summed E-state index contributed by atoms with van der Waals surface area (Å²) in [5.41, 5.74) is -6.11. The van der Waals surface area contributed by atoms with Gasteiger partial charge in [-0.15, -0.1) is 0 Å². The van der Waals surface area contributed by atoms with Crippen molar-refractivity contribution in [3.05, 3.63) is 0 Å². The fraction of sp³-hybridized carbons (Fsp3) is 0.933. The summed E-state index contributed by atoms with van der Waals surface area (Å²) < 4.78 is 153. The molecule has 0 aromatic rings. The number of carboxylic acid groups (broad SMARTS) is 1. The van der Waals surface area contributed by atoms with Crippen molar-refractivity contribution < 1.29 is 62.2 Å². The number of sulfonamides is 1. The Kier molecular flexibility index (Phi) is 10.7. The van der Waals surface area contributed by atoms with E-state index in [4.69, 9.17) is 5.11 Å². The van der Waals surface area contributed by atoms with E-state index in [9.17, 15) is 57.1 Å². The number of alkyl halides is 10. The van der Waals surface area contributed by atoms with Crippen LogP contribution in [0, 0.1) is 5.92 Å². The molecule has 0 aromatic heterocycles. The molecule has 0 amide bonds. The van der Waals surface area contributed by atoms with Crippen LogP contribution in [0.5, 0.6) is 0 Å². The third-order valence-corrected chi connectivity index (χ3v) is 5.77. The minimum absolute atomic E-state index is 0.107. The maximum absolute atomic E-state index is 13.7. The number of halogens is 10. The molecule has 17 heteroatoms. The second-order valence-corrected chi connectivity index (χ2v) is 9.01. The first-order chi connectivity index (χ1) is 14.1. The molecule has 0 aromatic carbocycles. The number of rotatable bonds is 13. The summed E-state index contributed by atoms with van der Waals surface area (Å²) in [5, 5.41) is 8.55. The van der Waals surface area contributed by atoms with E-state index < -0.39 is 71.1 Å². The standard InChI is InChI=1S/C15H22F10N2O4S/c1-27(9-11(28)29)6-3-5-26-32(30,31)7-2-4-10(13(17,18)19)8-12(16,14(20,21)22)15(23,24)25/h10,26H,2-9H2,1H3,(H,28,29).